The molecule has 3 aliphatic heterocycles. The maximum absolute atomic E-state index is 13.4. The highest BCUT2D eigenvalue weighted by Gasteiger charge is 2.34. The molecule has 0 aromatic heterocycles. The number of hydrogen-bond donors (Lipinski definition) is 3. The average molecular weight is 531 g/mol. The molecule has 5 rings (SSSR count). The van der Waals surface area contributed by atoms with E-state index in [4.69, 9.17) is 12.6 Å². The Labute approximate surface area is 229 Å². The first kappa shape index (κ1) is 26.9. The Kier molecular flexibility index (Phi) is 8.25. The lowest BCUT2D eigenvalue weighted by Crippen LogP contribution is -2.53. The van der Waals surface area contributed by atoms with Crippen LogP contribution in [0.1, 0.15) is 24.0 Å². The molecule has 2 aromatic carbocycles. The summed E-state index contributed by atoms with van der Waals surface area (Å²) >= 11 is 0. The fourth-order valence-electron chi connectivity index (χ4n) is 5.51. The number of aromatic hydroxyl groups is 1. The van der Waals surface area contributed by atoms with E-state index in [1.165, 1.54) is 6.07 Å². The lowest BCUT2D eigenvalue weighted by molar-refractivity contribution is -0.141. The summed E-state index contributed by atoms with van der Waals surface area (Å²) in [6.07, 6.45) is 0.639. The van der Waals surface area contributed by atoms with Crippen LogP contribution in [-0.4, -0.2) is 104 Å². The average Bonchev–Trinajstić information content (AvgIpc) is 3.12. The van der Waals surface area contributed by atoms with Crippen molar-refractivity contribution in [2.75, 3.05) is 51.1 Å². The van der Waals surface area contributed by atoms with Gasteiger partial charge in [-0.2, -0.15) is 0 Å². The van der Waals surface area contributed by atoms with Gasteiger partial charge in [0.1, 0.15) is 13.6 Å². The van der Waals surface area contributed by atoms with Gasteiger partial charge in [0.15, 0.2) is 6.10 Å². The Hall–Kier alpha value is -3.73. The van der Waals surface area contributed by atoms with E-state index in [-0.39, 0.29) is 35.6 Å². The normalized spacial score (nSPS) is 19.1. The number of amides is 4. The molecule has 39 heavy (non-hydrogen) atoms. The summed E-state index contributed by atoms with van der Waals surface area (Å²) in [5.41, 5.74) is 2.86. The SMILES string of the molecule is [B]c1cc(C[C@@H](OC(=O)N2CCC(N3CCc4ccccc4NC3=O)CC2)C(=O)N2CCNCC2)ccc1O. The summed E-state index contributed by atoms with van der Waals surface area (Å²) in [5.74, 6) is -0.280. The van der Waals surface area contributed by atoms with E-state index in [1.54, 1.807) is 21.9 Å². The molecular formula is C28H34BN5O5. The molecule has 10 nitrogen and oxygen atoms in total. The maximum atomic E-state index is 13.4. The fraction of sp³-hybridized carbons (Fsp3) is 0.464. The molecule has 3 aliphatic rings. The van der Waals surface area contributed by atoms with Crippen molar-refractivity contribution in [1.82, 2.24) is 20.0 Å². The van der Waals surface area contributed by atoms with Crippen LogP contribution in [0.3, 0.4) is 0 Å². The number of carbonyl (C=O) groups excluding carboxylic acids is 3. The molecule has 11 heteroatoms. The van der Waals surface area contributed by atoms with E-state index >= 15 is 0 Å². The van der Waals surface area contributed by atoms with Gasteiger partial charge in [0.05, 0.1) is 0 Å². The zero-order valence-corrected chi connectivity index (χ0v) is 22.0. The van der Waals surface area contributed by atoms with Gasteiger partial charge in [-0.3, -0.25) is 4.79 Å². The van der Waals surface area contributed by atoms with Crippen molar-refractivity contribution in [3.63, 3.8) is 0 Å². The number of para-hydroxylation sites is 1. The molecular weight excluding hydrogens is 497 g/mol. The topological polar surface area (TPSA) is 114 Å². The Balaban J connectivity index is 1.21. The number of hydrogen-bond acceptors (Lipinski definition) is 6. The largest absolute Gasteiger partial charge is 0.509 e. The molecule has 2 aromatic rings. The second kappa shape index (κ2) is 12.0. The first-order valence-electron chi connectivity index (χ1n) is 13.6. The minimum absolute atomic E-state index is 0.0154. The number of urea groups is 1. The molecule has 3 heterocycles. The van der Waals surface area contributed by atoms with E-state index in [1.807, 2.05) is 29.2 Å². The number of ether oxygens (including phenoxy) is 1. The summed E-state index contributed by atoms with van der Waals surface area (Å²) in [6.45, 7) is 3.93. The van der Waals surface area contributed by atoms with Crippen LogP contribution >= 0.6 is 0 Å². The number of fused-ring (bicyclic) bond motifs is 1. The van der Waals surface area contributed by atoms with Gasteiger partial charge in [-0.05, 0) is 42.5 Å². The zero-order valence-electron chi connectivity index (χ0n) is 22.0. The van der Waals surface area contributed by atoms with Gasteiger partial charge >= 0.3 is 12.1 Å². The number of anilines is 1. The summed E-state index contributed by atoms with van der Waals surface area (Å²) in [5, 5.41) is 16.0. The van der Waals surface area contributed by atoms with E-state index in [0.717, 1.165) is 17.7 Å². The number of likely N-dealkylation sites (tertiary alicyclic amines) is 1. The van der Waals surface area contributed by atoms with Crippen molar-refractivity contribution in [2.45, 2.75) is 37.8 Å². The van der Waals surface area contributed by atoms with Gasteiger partial charge in [-0.15, -0.1) is 0 Å². The van der Waals surface area contributed by atoms with Crippen LogP contribution in [0.25, 0.3) is 0 Å². The molecule has 2 radical (unpaired) electrons. The Morgan fingerprint density at radius 1 is 1.03 bits per heavy atom. The van der Waals surface area contributed by atoms with Gasteiger partial charge < -0.3 is 35.2 Å². The predicted octanol–water partition coefficient (Wildman–Crippen LogP) is 1.22. The van der Waals surface area contributed by atoms with Crippen LogP contribution in [0.5, 0.6) is 5.75 Å². The number of nitrogens with zero attached hydrogens (tertiary/aromatic N) is 3. The molecule has 0 saturated carbocycles. The second-order valence-electron chi connectivity index (χ2n) is 10.3. The van der Waals surface area contributed by atoms with Crippen molar-refractivity contribution >= 4 is 37.0 Å². The van der Waals surface area contributed by atoms with Gasteiger partial charge in [0.25, 0.3) is 5.91 Å². The smallest absolute Gasteiger partial charge is 0.410 e. The van der Waals surface area contributed by atoms with E-state index < -0.39 is 12.2 Å². The monoisotopic (exact) mass is 531 g/mol. The van der Waals surface area contributed by atoms with Crippen LogP contribution < -0.4 is 16.1 Å². The van der Waals surface area contributed by atoms with Crippen molar-refractivity contribution in [2.24, 2.45) is 0 Å². The second-order valence-corrected chi connectivity index (χ2v) is 10.3. The number of piperidine rings is 1. The number of phenols is 1. The van der Waals surface area contributed by atoms with Gasteiger partial charge in [0.2, 0.25) is 0 Å². The van der Waals surface area contributed by atoms with E-state index in [9.17, 15) is 19.5 Å². The maximum Gasteiger partial charge on any atom is 0.410 e. The van der Waals surface area contributed by atoms with Crippen molar-refractivity contribution in [3.05, 3.63) is 53.6 Å². The number of rotatable bonds is 5. The quantitative estimate of drug-likeness (QED) is 0.500. The summed E-state index contributed by atoms with van der Waals surface area (Å²) in [4.78, 5) is 44.7. The minimum Gasteiger partial charge on any atom is -0.509 e. The molecule has 0 spiro atoms. The predicted molar refractivity (Wildman–Crippen MR) is 147 cm³/mol. The third-order valence-electron chi connectivity index (χ3n) is 7.77. The standard InChI is InChI=1S/C28H34BN5O5/c29-22-17-19(5-6-24(22)35)18-25(26(36)32-15-10-30-11-16-32)39-28(38)33-12-8-21(9-13-33)34-14-7-20-3-1-2-4-23(20)31-27(34)37/h1-6,17,21,25,30,35H,7-16,18H2,(H,31,37)/t25-/m1/s1. The number of benzene rings is 2. The van der Waals surface area contributed by atoms with E-state index in [0.29, 0.717) is 64.2 Å². The van der Waals surface area contributed by atoms with Crippen LogP contribution in [-0.2, 0) is 22.4 Å². The van der Waals surface area contributed by atoms with Crippen LogP contribution in [0.15, 0.2) is 42.5 Å². The molecule has 0 aliphatic carbocycles. The first-order valence-corrected chi connectivity index (χ1v) is 13.6. The number of carbonyl (C=O) groups is 3. The Morgan fingerprint density at radius 2 is 1.77 bits per heavy atom. The lowest BCUT2D eigenvalue weighted by atomic mass is 9.91. The fourth-order valence-corrected chi connectivity index (χ4v) is 5.51. The molecule has 4 amide bonds. The molecule has 2 saturated heterocycles. The lowest BCUT2D eigenvalue weighted by Gasteiger charge is -2.38. The van der Waals surface area contributed by atoms with Gasteiger partial charge in [-0.1, -0.05) is 35.8 Å². The molecule has 0 unspecified atom stereocenters. The third kappa shape index (κ3) is 6.30. The van der Waals surface area contributed by atoms with Crippen LogP contribution in [0.2, 0.25) is 0 Å². The highest BCUT2D eigenvalue weighted by molar-refractivity contribution is 6.34. The van der Waals surface area contributed by atoms with Gasteiger partial charge in [0, 0.05) is 64.0 Å². The summed E-state index contributed by atoms with van der Waals surface area (Å²) in [7, 11) is 5.85. The van der Waals surface area contributed by atoms with Crippen molar-refractivity contribution < 1.29 is 24.2 Å². The molecule has 2 fully saturated rings. The Morgan fingerprint density at radius 3 is 2.51 bits per heavy atom. The highest BCUT2D eigenvalue weighted by atomic mass is 16.6. The summed E-state index contributed by atoms with van der Waals surface area (Å²) in [6, 6.07) is 12.5. The van der Waals surface area contributed by atoms with Crippen molar-refractivity contribution in [3.8, 4) is 5.75 Å². The molecule has 3 N–H and O–H groups in total. The first-order chi connectivity index (χ1) is 18.9. The minimum atomic E-state index is -1.01. The third-order valence-corrected chi connectivity index (χ3v) is 7.77. The molecule has 204 valence electrons. The van der Waals surface area contributed by atoms with Crippen molar-refractivity contribution in [1.29, 1.82) is 0 Å². The van der Waals surface area contributed by atoms with Gasteiger partial charge in [-0.25, -0.2) is 9.59 Å². The highest BCUT2D eigenvalue weighted by Crippen LogP contribution is 2.25. The number of phenolic OH excluding ortho intramolecular Hbond substituents is 1. The Bertz CT molecular complexity index is 1210. The molecule has 1 atom stereocenters. The summed E-state index contributed by atoms with van der Waals surface area (Å²) < 4.78 is 5.82. The zero-order chi connectivity index (χ0) is 27.4. The van der Waals surface area contributed by atoms with E-state index in [2.05, 4.69) is 10.6 Å². The van der Waals surface area contributed by atoms with Crippen LogP contribution in [0.4, 0.5) is 15.3 Å². The number of nitrogens with one attached hydrogen (secondary N) is 2. The number of piperazine rings is 1. The molecule has 0 bridgehead atoms. The van der Waals surface area contributed by atoms with Crippen LogP contribution in [0, 0.1) is 0 Å².